The van der Waals surface area contributed by atoms with Crippen LogP contribution in [0.3, 0.4) is 0 Å². The van der Waals surface area contributed by atoms with Gasteiger partial charge in [-0.1, -0.05) is 0 Å². The molecule has 0 radical (unpaired) electrons. The minimum atomic E-state index is -3.48. The van der Waals surface area contributed by atoms with Crippen molar-refractivity contribution in [1.29, 1.82) is 0 Å². The third-order valence-corrected chi connectivity index (χ3v) is 5.62. The van der Waals surface area contributed by atoms with Crippen LogP contribution in [0.25, 0.3) is 0 Å². The second-order valence-corrected chi connectivity index (χ2v) is 7.91. The Morgan fingerprint density at radius 3 is 2.41 bits per heavy atom. The van der Waals surface area contributed by atoms with Gasteiger partial charge in [0.05, 0.1) is 11.0 Å². The van der Waals surface area contributed by atoms with Crippen LogP contribution in [0.4, 0.5) is 0 Å². The third kappa shape index (κ3) is 4.06. The summed E-state index contributed by atoms with van der Waals surface area (Å²) in [6.45, 7) is 0.411. The van der Waals surface area contributed by atoms with E-state index in [4.69, 9.17) is 0 Å². The van der Waals surface area contributed by atoms with Crippen molar-refractivity contribution in [2.75, 3.05) is 20.6 Å². The molecule has 2 rings (SSSR count). The lowest BCUT2D eigenvalue weighted by atomic mass is 10.1. The Hall–Kier alpha value is -1.44. The molecule has 1 atom stereocenters. The zero-order valence-corrected chi connectivity index (χ0v) is 13.6. The number of nitrogens with zero attached hydrogens (tertiary/aromatic N) is 1. The van der Waals surface area contributed by atoms with Gasteiger partial charge in [-0.25, -0.2) is 12.7 Å². The maximum absolute atomic E-state index is 12.0. The Labute approximate surface area is 131 Å². The standard InChI is InChI=1S/C15H22N2O4S/c1-17(2)22(20,21)13-7-5-12(6-8-13)15(19)16-10-9-14(18)11-3-4-11/h5-8,11,14,18H,3-4,9-10H2,1-2H3,(H,16,19). The van der Waals surface area contributed by atoms with Crippen LogP contribution >= 0.6 is 0 Å². The highest BCUT2D eigenvalue weighted by molar-refractivity contribution is 7.89. The molecule has 122 valence electrons. The van der Waals surface area contributed by atoms with Gasteiger partial charge in [-0.15, -0.1) is 0 Å². The topological polar surface area (TPSA) is 86.7 Å². The van der Waals surface area contributed by atoms with E-state index >= 15 is 0 Å². The number of amides is 1. The summed E-state index contributed by atoms with van der Waals surface area (Å²) in [4.78, 5) is 12.1. The van der Waals surface area contributed by atoms with Crippen LogP contribution in [-0.2, 0) is 10.0 Å². The highest BCUT2D eigenvalue weighted by Crippen LogP contribution is 2.33. The molecule has 0 aromatic heterocycles. The number of nitrogens with one attached hydrogen (secondary N) is 1. The molecule has 0 saturated heterocycles. The second-order valence-electron chi connectivity index (χ2n) is 5.76. The van der Waals surface area contributed by atoms with Crippen LogP contribution in [-0.4, -0.2) is 50.5 Å². The molecule has 1 fully saturated rings. The van der Waals surface area contributed by atoms with Crippen molar-refractivity contribution in [1.82, 2.24) is 9.62 Å². The number of rotatable bonds is 7. The number of hydrogen-bond donors (Lipinski definition) is 2. The number of hydrogen-bond acceptors (Lipinski definition) is 4. The number of aliphatic hydroxyl groups excluding tert-OH is 1. The summed E-state index contributed by atoms with van der Waals surface area (Å²) in [7, 11) is -0.563. The first-order valence-corrected chi connectivity index (χ1v) is 8.75. The molecule has 2 N–H and O–H groups in total. The summed E-state index contributed by atoms with van der Waals surface area (Å²) >= 11 is 0. The van der Waals surface area contributed by atoms with Crippen molar-refractivity contribution in [3.05, 3.63) is 29.8 Å². The molecule has 1 unspecified atom stereocenters. The maximum Gasteiger partial charge on any atom is 0.251 e. The van der Waals surface area contributed by atoms with Gasteiger partial charge in [0.15, 0.2) is 0 Å². The average Bonchev–Trinajstić information content (AvgIpc) is 3.31. The van der Waals surface area contributed by atoms with Crippen molar-refractivity contribution < 1.29 is 18.3 Å². The van der Waals surface area contributed by atoms with Crippen LogP contribution in [0, 0.1) is 5.92 Å². The van der Waals surface area contributed by atoms with E-state index in [0.29, 0.717) is 24.4 Å². The Balaban J connectivity index is 1.90. The highest BCUT2D eigenvalue weighted by atomic mass is 32.2. The first kappa shape index (κ1) is 16.9. The fourth-order valence-corrected chi connectivity index (χ4v) is 3.04. The quantitative estimate of drug-likeness (QED) is 0.777. The number of carbonyl (C=O) groups is 1. The lowest BCUT2D eigenvalue weighted by Crippen LogP contribution is -2.28. The molecule has 7 heteroatoms. The van der Waals surface area contributed by atoms with E-state index in [2.05, 4.69) is 5.32 Å². The van der Waals surface area contributed by atoms with E-state index in [1.807, 2.05) is 0 Å². The maximum atomic E-state index is 12.0. The number of carbonyl (C=O) groups excluding carboxylic acids is 1. The minimum Gasteiger partial charge on any atom is -0.393 e. The van der Waals surface area contributed by atoms with Crippen molar-refractivity contribution in [2.24, 2.45) is 5.92 Å². The predicted molar refractivity (Wildman–Crippen MR) is 83.0 cm³/mol. The molecule has 0 spiro atoms. The third-order valence-electron chi connectivity index (χ3n) is 3.79. The molecule has 1 aromatic carbocycles. The fraction of sp³-hybridized carbons (Fsp3) is 0.533. The van der Waals surface area contributed by atoms with Gasteiger partial charge in [0, 0.05) is 26.2 Å². The molecule has 0 bridgehead atoms. The Bertz CT molecular complexity index is 621. The van der Waals surface area contributed by atoms with Crippen LogP contribution in [0.2, 0.25) is 0 Å². The first-order chi connectivity index (χ1) is 10.3. The van der Waals surface area contributed by atoms with E-state index < -0.39 is 10.0 Å². The van der Waals surface area contributed by atoms with E-state index in [9.17, 15) is 18.3 Å². The van der Waals surface area contributed by atoms with E-state index in [-0.39, 0.29) is 16.9 Å². The van der Waals surface area contributed by atoms with Crippen molar-refractivity contribution in [3.63, 3.8) is 0 Å². The Morgan fingerprint density at radius 1 is 1.32 bits per heavy atom. The second kappa shape index (κ2) is 6.76. The Kier molecular flexibility index (Phi) is 5.20. The number of aliphatic hydroxyl groups is 1. The molecule has 1 amide bonds. The van der Waals surface area contributed by atoms with E-state index in [1.165, 1.54) is 38.4 Å². The monoisotopic (exact) mass is 326 g/mol. The molecule has 6 nitrogen and oxygen atoms in total. The van der Waals surface area contributed by atoms with Gasteiger partial charge < -0.3 is 10.4 Å². The van der Waals surface area contributed by atoms with Crippen LogP contribution in [0.5, 0.6) is 0 Å². The molecule has 0 heterocycles. The minimum absolute atomic E-state index is 0.151. The van der Waals surface area contributed by atoms with Gasteiger partial charge in [-0.05, 0) is 49.4 Å². The largest absolute Gasteiger partial charge is 0.393 e. The van der Waals surface area contributed by atoms with Crippen LogP contribution in [0.15, 0.2) is 29.2 Å². The smallest absolute Gasteiger partial charge is 0.251 e. The molecule has 1 aromatic rings. The lowest BCUT2D eigenvalue weighted by molar-refractivity contribution is 0.0936. The van der Waals surface area contributed by atoms with Crippen LogP contribution in [0.1, 0.15) is 29.6 Å². The summed E-state index contributed by atoms with van der Waals surface area (Å²) in [5.41, 5.74) is 0.401. The van der Waals surface area contributed by atoms with Gasteiger partial charge in [0.2, 0.25) is 10.0 Å². The number of sulfonamides is 1. The van der Waals surface area contributed by atoms with Gasteiger partial charge in [-0.3, -0.25) is 4.79 Å². The summed E-state index contributed by atoms with van der Waals surface area (Å²) < 4.78 is 25.0. The highest BCUT2D eigenvalue weighted by Gasteiger charge is 2.29. The van der Waals surface area contributed by atoms with Crippen molar-refractivity contribution >= 4 is 15.9 Å². The van der Waals surface area contributed by atoms with E-state index in [1.54, 1.807) is 0 Å². The molecular weight excluding hydrogens is 304 g/mol. The summed E-state index contributed by atoms with van der Waals surface area (Å²) in [5.74, 6) is 0.129. The van der Waals surface area contributed by atoms with Gasteiger partial charge in [0.25, 0.3) is 5.91 Å². The molecule has 1 saturated carbocycles. The van der Waals surface area contributed by atoms with Crippen molar-refractivity contribution in [2.45, 2.75) is 30.3 Å². The summed E-state index contributed by atoms with van der Waals surface area (Å²) in [5, 5.41) is 12.5. The van der Waals surface area contributed by atoms with Crippen molar-refractivity contribution in [3.8, 4) is 0 Å². The molecule has 22 heavy (non-hydrogen) atoms. The molecule has 1 aliphatic carbocycles. The Morgan fingerprint density at radius 2 is 1.91 bits per heavy atom. The predicted octanol–water partition coefficient (Wildman–Crippen LogP) is 0.828. The summed E-state index contributed by atoms with van der Waals surface area (Å²) in [6.07, 6.45) is 2.34. The first-order valence-electron chi connectivity index (χ1n) is 7.31. The van der Waals surface area contributed by atoms with Crippen LogP contribution < -0.4 is 5.32 Å². The SMILES string of the molecule is CN(C)S(=O)(=O)c1ccc(C(=O)NCCC(O)C2CC2)cc1. The molecule has 1 aliphatic rings. The lowest BCUT2D eigenvalue weighted by Gasteiger charge is -2.12. The molecular formula is C15H22N2O4S. The van der Waals surface area contributed by atoms with Gasteiger partial charge in [0.1, 0.15) is 0 Å². The zero-order chi connectivity index (χ0) is 16.3. The average molecular weight is 326 g/mol. The molecule has 0 aliphatic heterocycles. The number of benzene rings is 1. The van der Waals surface area contributed by atoms with Gasteiger partial charge in [-0.2, -0.15) is 0 Å². The van der Waals surface area contributed by atoms with Gasteiger partial charge >= 0.3 is 0 Å². The fourth-order valence-electron chi connectivity index (χ4n) is 2.14. The summed E-state index contributed by atoms with van der Waals surface area (Å²) in [6, 6.07) is 5.82. The zero-order valence-electron chi connectivity index (χ0n) is 12.8. The van der Waals surface area contributed by atoms with E-state index in [0.717, 1.165) is 17.1 Å². The normalized spacial score (nSPS) is 16.5.